The summed E-state index contributed by atoms with van der Waals surface area (Å²) in [5.74, 6) is 0.835. The Hall–Kier alpha value is -0.340. The van der Waals surface area contributed by atoms with E-state index in [1.807, 2.05) is 0 Å². The van der Waals surface area contributed by atoms with Crippen LogP contribution in [0.15, 0.2) is 28.7 Å². The van der Waals surface area contributed by atoms with E-state index in [1.165, 1.54) is 55.0 Å². The van der Waals surface area contributed by atoms with Gasteiger partial charge in [-0.1, -0.05) is 47.3 Å². The molecule has 1 saturated carbocycles. The second kappa shape index (κ2) is 7.96. The van der Waals surface area contributed by atoms with Crippen molar-refractivity contribution in [2.75, 3.05) is 13.2 Å². The minimum absolute atomic E-state index is 0.835. The fourth-order valence-electron chi connectivity index (χ4n) is 2.68. The molecule has 0 radical (unpaired) electrons. The second-order valence-electron chi connectivity index (χ2n) is 5.21. The van der Waals surface area contributed by atoms with Gasteiger partial charge < -0.3 is 4.74 Å². The van der Waals surface area contributed by atoms with E-state index in [2.05, 4.69) is 40.2 Å². The van der Waals surface area contributed by atoms with Crippen molar-refractivity contribution in [3.05, 3.63) is 34.3 Å². The Kier molecular flexibility index (Phi) is 6.22. The molecular formula is C16H23BrO. The van der Waals surface area contributed by atoms with Crippen LogP contribution in [0.2, 0.25) is 0 Å². The summed E-state index contributed by atoms with van der Waals surface area (Å²) < 4.78 is 6.13. The Labute approximate surface area is 119 Å². The van der Waals surface area contributed by atoms with Crippen molar-refractivity contribution in [1.29, 1.82) is 0 Å². The molecule has 0 aromatic heterocycles. The lowest BCUT2D eigenvalue weighted by atomic mass is 9.84. The Morgan fingerprint density at radius 2 is 1.44 bits per heavy atom. The molecule has 0 spiro atoms. The van der Waals surface area contributed by atoms with Crippen LogP contribution in [0.4, 0.5) is 0 Å². The van der Waals surface area contributed by atoms with Crippen LogP contribution in [0.25, 0.3) is 0 Å². The van der Waals surface area contributed by atoms with E-state index >= 15 is 0 Å². The van der Waals surface area contributed by atoms with E-state index in [0.717, 1.165) is 19.1 Å². The third kappa shape index (κ3) is 4.74. The van der Waals surface area contributed by atoms with Gasteiger partial charge in [-0.25, -0.2) is 0 Å². The van der Waals surface area contributed by atoms with Gasteiger partial charge in [-0.15, -0.1) is 0 Å². The molecule has 18 heavy (non-hydrogen) atoms. The number of hydrogen-bond acceptors (Lipinski definition) is 1. The van der Waals surface area contributed by atoms with Crippen LogP contribution in [-0.2, 0) is 4.74 Å². The summed E-state index contributed by atoms with van der Waals surface area (Å²) in [6.45, 7) is 2.00. The molecule has 100 valence electrons. The van der Waals surface area contributed by atoms with E-state index in [1.54, 1.807) is 0 Å². The van der Waals surface area contributed by atoms with Gasteiger partial charge in [0.1, 0.15) is 0 Å². The second-order valence-corrected chi connectivity index (χ2v) is 6.12. The Morgan fingerprint density at radius 1 is 0.833 bits per heavy atom. The highest BCUT2D eigenvalue weighted by atomic mass is 79.9. The number of ether oxygens (including phenoxy) is 1. The number of hydrogen-bond donors (Lipinski definition) is 0. The van der Waals surface area contributed by atoms with Crippen molar-refractivity contribution in [1.82, 2.24) is 0 Å². The van der Waals surface area contributed by atoms with Crippen LogP contribution < -0.4 is 0 Å². The van der Waals surface area contributed by atoms with E-state index in [9.17, 15) is 0 Å². The van der Waals surface area contributed by atoms with Gasteiger partial charge in [-0.2, -0.15) is 0 Å². The van der Waals surface area contributed by atoms with Crippen molar-refractivity contribution in [3.63, 3.8) is 0 Å². The molecular weight excluding hydrogens is 288 g/mol. The number of halogens is 1. The predicted octanol–water partition coefficient (Wildman–Crippen LogP) is 5.29. The van der Waals surface area contributed by atoms with Crippen molar-refractivity contribution < 1.29 is 4.74 Å². The Bertz CT molecular complexity index is 316. The van der Waals surface area contributed by atoms with Gasteiger partial charge in [0.2, 0.25) is 0 Å². The molecule has 3 rings (SSSR count). The predicted molar refractivity (Wildman–Crippen MR) is 80.0 cm³/mol. The molecule has 1 aliphatic carbocycles. The molecule has 1 heterocycles. The zero-order valence-corrected chi connectivity index (χ0v) is 12.6. The maximum atomic E-state index is 4.94. The third-order valence-corrected chi connectivity index (χ3v) is 4.30. The first kappa shape index (κ1) is 14.1. The monoisotopic (exact) mass is 310 g/mol. The van der Waals surface area contributed by atoms with Gasteiger partial charge >= 0.3 is 0 Å². The van der Waals surface area contributed by atoms with E-state index in [0.29, 0.717) is 0 Å². The fraction of sp³-hybridized carbons (Fsp3) is 0.625. The average molecular weight is 311 g/mol. The maximum Gasteiger partial charge on any atom is 0.0466 e. The third-order valence-electron chi connectivity index (χ3n) is 3.77. The number of rotatable bonds is 1. The quantitative estimate of drug-likeness (QED) is 0.684. The first-order chi connectivity index (χ1) is 8.86. The zero-order valence-electron chi connectivity index (χ0n) is 11.0. The smallest absolute Gasteiger partial charge is 0.0466 e. The van der Waals surface area contributed by atoms with Crippen LogP contribution in [0, 0.1) is 0 Å². The largest absolute Gasteiger partial charge is 0.381 e. The summed E-state index contributed by atoms with van der Waals surface area (Å²) in [6, 6.07) is 8.84. The van der Waals surface area contributed by atoms with Crippen LogP contribution in [-0.4, -0.2) is 13.2 Å². The summed E-state index contributed by atoms with van der Waals surface area (Å²) in [4.78, 5) is 0. The highest BCUT2D eigenvalue weighted by Gasteiger charge is 2.14. The van der Waals surface area contributed by atoms with Crippen molar-refractivity contribution >= 4 is 15.9 Å². The molecule has 0 unspecified atom stereocenters. The van der Waals surface area contributed by atoms with Gasteiger partial charge in [-0.3, -0.25) is 0 Å². The maximum absolute atomic E-state index is 4.94. The average Bonchev–Trinajstić information content (AvgIpc) is 3.00. The first-order valence-corrected chi connectivity index (χ1v) is 7.99. The van der Waals surface area contributed by atoms with Gasteiger partial charge in [0.15, 0.2) is 0 Å². The molecule has 2 fully saturated rings. The molecule has 0 amide bonds. The van der Waals surface area contributed by atoms with Crippen LogP contribution >= 0.6 is 15.9 Å². The molecule has 1 aliphatic heterocycles. The summed E-state index contributed by atoms with van der Waals surface area (Å²) in [5.41, 5.74) is 1.53. The van der Waals surface area contributed by atoms with Gasteiger partial charge in [0.05, 0.1) is 0 Å². The van der Waals surface area contributed by atoms with E-state index < -0.39 is 0 Å². The van der Waals surface area contributed by atoms with E-state index in [-0.39, 0.29) is 0 Å². The summed E-state index contributed by atoms with van der Waals surface area (Å²) in [6.07, 6.45) is 9.61. The lowest BCUT2D eigenvalue weighted by molar-refractivity contribution is 0.198. The topological polar surface area (TPSA) is 9.23 Å². The van der Waals surface area contributed by atoms with Crippen LogP contribution in [0.3, 0.4) is 0 Å². The van der Waals surface area contributed by atoms with Crippen LogP contribution in [0.1, 0.15) is 56.4 Å². The van der Waals surface area contributed by atoms with Crippen molar-refractivity contribution in [2.24, 2.45) is 0 Å². The Morgan fingerprint density at radius 3 is 1.94 bits per heavy atom. The molecule has 1 aromatic carbocycles. The fourth-order valence-corrected chi connectivity index (χ4v) is 2.95. The molecule has 0 N–H and O–H groups in total. The molecule has 2 heteroatoms. The standard InChI is InChI=1S/C12H15Br.C4H8O/c13-12-8-6-11(7-9-12)10-4-2-1-3-5-10;1-2-4-5-3-1/h6-10H,1-5H2;1-4H2. The minimum atomic E-state index is 0.835. The van der Waals surface area contributed by atoms with Gasteiger partial charge in [-0.05, 0) is 49.3 Å². The molecule has 0 atom stereocenters. The normalized spacial score (nSPS) is 20.3. The van der Waals surface area contributed by atoms with Crippen molar-refractivity contribution in [2.45, 2.75) is 50.9 Å². The van der Waals surface area contributed by atoms with Gasteiger partial charge in [0.25, 0.3) is 0 Å². The molecule has 1 saturated heterocycles. The first-order valence-electron chi connectivity index (χ1n) is 7.19. The summed E-state index contributed by atoms with van der Waals surface area (Å²) >= 11 is 3.47. The molecule has 0 bridgehead atoms. The zero-order chi connectivity index (χ0) is 12.6. The van der Waals surface area contributed by atoms with E-state index in [4.69, 9.17) is 4.74 Å². The molecule has 1 aromatic rings. The van der Waals surface area contributed by atoms with Gasteiger partial charge in [0, 0.05) is 17.7 Å². The summed E-state index contributed by atoms with van der Waals surface area (Å²) in [5, 5.41) is 0. The van der Waals surface area contributed by atoms with Crippen molar-refractivity contribution in [3.8, 4) is 0 Å². The SMILES string of the molecule is Brc1ccc(C2CCCCC2)cc1.C1CCOC1. The number of benzene rings is 1. The minimum Gasteiger partial charge on any atom is -0.381 e. The summed E-state index contributed by atoms with van der Waals surface area (Å²) in [7, 11) is 0. The Balaban J connectivity index is 0.000000202. The highest BCUT2D eigenvalue weighted by Crippen LogP contribution is 2.32. The molecule has 2 aliphatic rings. The van der Waals surface area contributed by atoms with Crippen LogP contribution in [0.5, 0.6) is 0 Å². The lowest BCUT2D eigenvalue weighted by Gasteiger charge is -2.21. The molecule has 1 nitrogen and oxygen atoms in total. The highest BCUT2D eigenvalue weighted by molar-refractivity contribution is 9.10. The lowest BCUT2D eigenvalue weighted by Crippen LogP contribution is -2.03.